The summed E-state index contributed by atoms with van der Waals surface area (Å²) >= 11 is 0. The van der Waals surface area contributed by atoms with E-state index in [1.807, 2.05) is 6.92 Å². The van der Waals surface area contributed by atoms with Crippen molar-refractivity contribution in [3.05, 3.63) is 0 Å². The maximum atomic E-state index is 11.0. The second kappa shape index (κ2) is 4.79. The molecule has 13 heavy (non-hydrogen) atoms. The molecule has 78 valence electrons. The van der Waals surface area contributed by atoms with Crippen LogP contribution in [0.1, 0.15) is 19.8 Å². The number of carbonyl (C=O) groups is 1. The van der Waals surface area contributed by atoms with Gasteiger partial charge in [0.25, 0.3) is 0 Å². The molecule has 5 heteroatoms. The van der Waals surface area contributed by atoms with Gasteiger partial charge in [-0.2, -0.15) is 0 Å². The van der Waals surface area contributed by atoms with Crippen LogP contribution in [-0.2, 0) is 4.79 Å². The lowest BCUT2D eigenvalue weighted by Crippen LogP contribution is -2.50. The Morgan fingerprint density at radius 2 is 2.00 bits per heavy atom. The molecule has 3 N–H and O–H groups in total. The molecule has 0 unspecified atom stereocenters. The lowest BCUT2D eigenvalue weighted by atomic mass is 9.91. The van der Waals surface area contributed by atoms with Crippen molar-refractivity contribution < 1.29 is 9.90 Å². The van der Waals surface area contributed by atoms with Crippen LogP contribution in [-0.4, -0.2) is 41.1 Å². The molecule has 0 bridgehead atoms. The molecule has 4 nitrogen and oxygen atoms in total. The minimum absolute atomic E-state index is 0. The van der Waals surface area contributed by atoms with Crippen molar-refractivity contribution in [1.82, 2.24) is 4.90 Å². The Morgan fingerprint density at radius 1 is 1.54 bits per heavy atom. The second-order valence-electron chi connectivity index (χ2n) is 3.69. The number of likely N-dealkylation sites (tertiary alicyclic amines) is 1. The first-order chi connectivity index (χ1) is 5.55. The molecule has 1 amide bonds. The van der Waals surface area contributed by atoms with Crippen molar-refractivity contribution >= 4 is 18.3 Å². The fourth-order valence-corrected chi connectivity index (χ4v) is 1.37. The van der Waals surface area contributed by atoms with E-state index in [0.29, 0.717) is 13.1 Å². The molecule has 1 heterocycles. The first kappa shape index (κ1) is 12.7. The van der Waals surface area contributed by atoms with Crippen LogP contribution in [0.5, 0.6) is 0 Å². The molecule has 1 aliphatic rings. The van der Waals surface area contributed by atoms with Crippen molar-refractivity contribution in [2.24, 2.45) is 5.73 Å². The van der Waals surface area contributed by atoms with Gasteiger partial charge in [-0.3, -0.25) is 4.79 Å². The van der Waals surface area contributed by atoms with E-state index in [0.717, 1.165) is 12.8 Å². The summed E-state index contributed by atoms with van der Waals surface area (Å²) in [4.78, 5) is 12.7. The summed E-state index contributed by atoms with van der Waals surface area (Å²) < 4.78 is 0. The monoisotopic (exact) mass is 208 g/mol. The van der Waals surface area contributed by atoms with Crippen LogP contribution in [0.15, 0.2) is 0 Å². The van der Waals surface area contributed by atoms with Gasteiger partial charge in [-0.05, 0) is 19.8 Å². The van der Waals surface area contributed by atoms with Crippen LogP contribution in [0, 0.1) is 0 Å². The minimum Gasteiger partial charge on any atom is -0.387 e. The molecule has 0 atom stereocenters. The van der Waals surface area contributed by atoms with Gasteiger partial charge in [-0.1, -0.05) is 0 Å². The highest BCUT2D eigenvalue weighted by atomic mass is 35.5. The van der Waals surface area contributed by atoms with E-state index < -0.39 is 0 Å². The summed E-state index contributed by atoms with van der Waals surface area (Å²) in [5.41, 5.74) is 5.75. The van der Waals surface area contributed by atoms with Crippen LogP contribution < -0.4 is 5.73 Å². The predicted molar refractivity (Wildman–Crippen MR) is 52.7 cm³/mol. The lowest BCUT2D eigenvalue weighted by molar-refractivity contribution is -0.135. The molecular formula is C8H17ClN2O2. The van der Waals surface area contributed by atoms with Crippen LogP contribution in [0.2, 0.25) is 0 Å². The number of nitrogens with zero attached hydrogens (tertiary/aromatic N) is 1. The maximum Gasteiger partial charge on any atom is 0.248 e. The van der Waals surface area contributed by atoms with Gasteiger partial charge in [0.05, 0.1) is 0 Å². The van der Waals surface area contributed by atoms with Gasteiger partial charge in [0.1, 0.15) is 6.61 Å². The molecule has 0 aliphatic carbocycles. The SMILES string of the molecule is CC1(N)CCN(C(=O)CO)CC1.Cl. The third-order valence-corrected chi connectivity index (χ3v) is 2.39. The van der Waals surface area contributed by atoms with Gasteiger partial charge in [-0.25, -0.2) is 0 Å². The number of amides is 1. The Hall–Kier alpha value is -0.320. The van der Waals surface area contributed by atoms with Crippen molar-refractivity contribution in [3.63, 3.8) is 0 Å². The number of hydrogen-bond donors (Lipinski definition) is 2. The number of rotatable bonds is 1. The zero-order valence-electron chi connectivity index (χ0n) is 7.82. The smallest absolute Gasteiger partial charge is 0.248 e. The average Bonchev–Trinajstić information content (AvgIpc) is 2.03. The Labute approximate surface area is 84.5 Å². The number of piperidine rings is 1. The first-order valence-corrected chi connectivity index (χ1v) is 4.23. The summed E-state index contributed by atoms with van der Waals surface area (Å²) in [5.74, 6) is -0.189. The molecule has 0 saturated carbocycles. The largest absolute Gasteiger partial charge is 0.387 e. The summed E-state index contributed by atoms with van der Waals surface area (Å²) in [6.45, 7) is 2.95. The fraction of sp³-hybridized carbons (Fsp3) is 0.875. The highest BCUT2D eigenvalue weighted by molar-refractivity contribution is 5.85. The predicted octanol–water partition coefficient (Wildman–Crippen LogP) is -0.260. The maximum absolute atomic E-state index is 11.0. The molecule has 1 saturated heterocycles. The number of carbonyl (C=O) groups excluding carboxylic acids is 1. The van der Waals surface area contributed by atoms with E-state index in [-0.39, 0.29) is 30.5 Å². The molecule has 0 aromatic rings. The average molecular weight is 209 g/mol. The molecule has 0 spiro atoms. The van der Waals surface area contributed by atoms with Crippen molar-refractivity contribution in [1.29, 1.82) is 0 Å². The quantitative estimate of drug-likeness (QED) is 0.624. The highest BCUT2D eigenvalue weighted by Crippen LogP contribution is 2.18. The van der Waals surface area contributed by atoms with Crippen molar-refractivity contribution in [2.75, 3.05) is 19.7 Å². The molecule has 0 aromatic carbocycles. The van der Waals surface area contributed by atoms with Crippen LogP contribution in [0.3, 0.4) is 0 Å². The van der Waals surface area contributed by atoms with Gasteiger partial charge in [0.2, 0.25) is 5.91 Å². The van der Waals surface area contributed by atoms with Gasteiger partial charge >= 0.3 is 0 Å². The van der Waals surface area contributed by atoms with Gasteiger partial charge in [0, 0.05) is 18.6 Å². The Bertz CT molecular complexity index is 175. The Balaban J connectivity index is 0.00000144. The number of aliphatic hydroxyl groups is 1. The van der Waals surface area contributed by atoms with E-state index in [1.54, 1.807) is 4.90 Å². The molecule has 0 aromatic heterocycles. The van der Waals surface area contributed by atoms with E-state index in [1.165, 1.54) is 0 Å². The zero-order valence-corrected chi connectivity index (χ0v) is 8.64. The highest BCUT2D eigenvalue weighted by Gasteiger charge is 2.27. The normalized spacial score (nSPS) is 20.7. The number of hydrogen-bond acceptors (Lipinski definition) is 3. The van der Waals surface area contributed by atoms with E-state index in [2.05, 4.69) is 0 Å². The topological polar surface area (TPSA) is 66.6 Å². The Morgan fingerprint density at radius 3 is 2.38 bits per heavy atom. The first-order valence-electron chi connectivity index (χ1n) is 4.23. The third-order valence-electron chi connectivity index (χ3n) is 2.39. The van der Waals surface area contributed by atoms with Crippen LogP contribution >= 0.6 is 12.4 Å². The number of halogens is 1. The van der Waals surface area contributed by atoms with E-state index >= 15 is 0 Å². The Kier molecular flexibility index (Phi) is 4.67. The van der Waals surface area contributed by atoms with Gasteiger partial charge in [0.15, 0.2) is 0 Å². The third kappa shape index (κ3) is 3.50. The lowest BCUT2D eigenvalue weighted by Gasteiger charge is -2.36. The van der Waals surface area contributed by atoms with Crippen molar-refractivity contribution in [2.45, 2.75) is 25.3 Å². The van der Waals surface area contributed by atoms with E-state index in [4.69, 9.17) is 10.8 Å². The van der Waals surface area contributed by atoms with Crippen LogP contribution in [0.4, 0.5) is 0 Å². The summed E-state index contributed by atoms with van der Waals surface area (Å²) in [5, 5.41) is 8.59. The summed E-state index contributed by atoms with van der Waals surface area (Å²) in [7, 11) is 0. The molecule has 1 fully saturated rings. The molecular weight excluding hydrogens is 192 g/mol. The number of nitrogens with two attached hydrogens (primary N) is 1. The minimum atomic E-state index is -0.388. The molecule has 0 radical (unpaired) electrons. The zero-order chi connectivity index (χ0) is 9.19. The fourth-order valence-electron chi connectivity index (χ4n) is 1.37. The number of aliphatic hydroxyl groups excluding tert-OH is 1. The van der Waals surface area contributed by atoms with Gasteiger partial charge in [-0.15, -0.1) is 12.4 Å². The summed E-state index contributed by atoms with van der Waals surface area (Å²) in [6.07, 6.45) is 1.64. The van der Waals surface area contributed by atoms with Crippen molar-refractivity contribution in [3.8, 4) is 0 Å². The molecule has 1 aliphatic heterocycles. The standard InChI is InChI=1S/C8H16N2O2.ClH/c1-8(9)2-4-10(5-3-8)7(12)6-11;/h11H,2-6,9H2,1H3;1H. The second-order valence-corrected chi connectivity index (χ2v) is 3.69. The molecule has 1 rings (SSSR count). The van der Waals surface area contributed by atoms with Crippen LogP contribution in [0.25, 0.3) is 0 Å². The van der Waals surface area contributed by atoms with E-state index in [9.17, 15) is 4.79 Å². The van der Waals surface area contributed by atoms with Gasteiger partial charge < -0.3 is 15.7 Å². The summed E-state index contributed by atoms with van der Waals surface area (Å²) in [6, 6.07) is 0.